The molecule has 0 bridgehead atoms. The van der Waals surface area contributed by atoms with Crippen molar-refractivity contribution >= 4 is 6.08 Å². The molecule has 1 rings (SSSR count). The average molecular weight is 187 g/mol. The van der Waals surface area contributed by atoms with Gasteiger partial charge in [0.15, 0.2) is 0 Å². The Kier molecular flexibility index (Phi) is 4.73. The van der Waals surface area contributed by atoms with E-state index in [1.54, 1.807) is 0 Å². The minimum absolute atomic E-state index is 0.899. The molecule has 0 saturated heterocycles. The number of nitrogens with one attached hydrogen (secondary N) is 1. The Hall–Kier alpha value is -1.34. The van der Waals surface area contributed by atoms with Crippen LogP contribution in [0, 0.1) is 0 Å². The van der Waals surface area contributed by atoms with Crippen LogP contribution >= 0.6 is 0 Å². The molecule has 1 heteroatoms. The molecule has 1 nitrogen and oxygen atoms in total. The van der Waals surface area contributed by atoms with Gasteiger partial charge >= 0.3 is 0 Å². The highest BCUT2D eigenvalue weighted by Gasteiger charge is 1.96. The van der Waals surface area contributed by atoms with E-state index in [4.69, 9.17) is 0 Å². The van der Waals surface area contributed by atoms with Gasteiger partial charge in [0, 0.05) is 6.54 Å². The van der Waals surface area contributed by atoms with Crippen LogP contribution in [0.15, 0.2) is 43.5 Å². The third-order valence-electron chi connectivity index (χ3n) is 2.12. The van der Waals surface area contributed by atoms with E-state index >= 15 is 0 Å². The minimum atomic E-state index is 0.899. The first-order valence-corrected chi connectivity index (χ1v) is 4.90. The van der Waals surface area contributed by atoms with E-state index in [0.717, 1.165) is 19.5 Å². The highest BCUT2D eigenvalue weighted by atomic mass is 14.8. The lowest BCUT2D eigenvalue weighted by Gasteiger charge is -2.06. The van der Waals surface area contributed by atoms with Gasteiger partial charge in [0.05, 0.1) is 0 Å². The van der Waals surface area contributed by atoms with E-state index in [-0.39, 0.29) is 0 Å². The summed E-state index contributed by atoms with van der Waals surface area (Å²) in [6, 6.07) is 8.29. The van der Waals surface area contributed by atoms with E-state index in [2.05, 4.69) is 36.7 Å². The SMILES string of the molecule is C=CCCNCc1ccccc1C=C. The predicted molar refractivity (Wildman–Crippen MR) is 63.1 cm³/mol. The van der Waals surface area contributed by atoms with Gasteiger partial charge in [0.25, 0.3) is 0 Å². The maximum absolute atomic E-state index is 3.79. The monoisotopic (exact) mass is 187 g/mol. The number of hydrogen-bond acceptors (Lipinski definition) is 1. The Bertz CT molecular complexity index is 302. The molecular formula is C13H17N. The molecule has 0 aliphatic rings. The zero-order chi connectivity index (χ0) is 10.2. The summed E-state index contributed by atoms with van der Waals surface area (Å²) in [7, 11) is 0. The Labute approximate surface area is 86.2 Å². The lowest BCUT2D eigenvalue weighted by Crippen LogP contribution is -2.14. The lowest BCUT2D eigenvalue weighted by atomic mass is 10.1. The normalized spacial score (nSPS) is 9.71. The second-order valence-corrected chi connectivity index (χ2v) is 3.16. The molecule has 1 aromatic rings. The summed E-state index contributed by atoms with van der Waals surface area (Å²) in [5.41, 5.74) is 2.50. The van der Waals surface area contributed by atoms with Crippen molar-refractivity contribution in [2.45, 2.75) is 13.0 Å². The number of rotatable bonds is 6. The van der Waals surface area contributed by atoms with Crippen LogP contribution in [0.4, 0.5) is 0 Å². The zero-order valence-corrected chi connectivity index (χ0v) is 8.50. The first-order valence-electron chi connectivity index (χ1n) is 4.90. The fourth-order valence-corrected chi connectivity index (χ4v) is 1.32. The van der Waals surface area contributed by atoms with Crippen molar-refractivity contribution in [1.29, 1.82) is 0 Å². The number of benzene rings is 1. The molecule has 0 aliphatic carbocycles. The van der Waals surface area contributed by atoms with Gasteiger partial charge in [-0.2, -0.15) is 0 Å². The van der Waals surface area contributed by atoms with E-state index in [0.29, 0.717) is 0 Å². The first kappa shape index (κ1) is 10.7. The molecule has 1 aromatic carbocycles. The molecule has 0 spiro atoms. The largest absolute Gasteiger partial charge is 0.312 e. The summed E-state index contributed by atoms with van der Waals surface area (Å²) in [6.07, 6.45) is 4.83. The fourth-order valence-electron chi connectivity index (χ4n) is 1.32. The van der Waals surface area contributed by atoms with Crippen molar-refractivity contribution in [2.24, 2.45) is 0 Å². The fraction of sp³-hybridized carbons (Fsp3) is 0.231. The summed E-state index contributed by atoms with van der Waals surface area (Å²) in [5.74, 6) is 0. The molecule has 0 amide bonds. The third kappa shape index (κ3) is 3.19. The third-order valence-corrected chi connectivity index (χ3v) is 2.12. The van der Waals surface area contributed by atoms with Crippen molar-refractivity contribution in [3.05, 3.63) is 54.6 Å². The van der Waals surface area contributed by atoms with Crippen LogP contribution in [0.5, 0.6) is 0 Å². The predicted octanol–water partition coefficient (Wildman–Crippen LogP) is 3.00. The van der Waals surface area contributed by atoms with Gasteiger partial charge in [-0.25, -0.2) is 0 Å². The van der Waals surface area contributed by atoms with Gasteiger partial charge in [-0.1, -0.05) is 43.0 Å². The molecular weight excluding hydrogens is 170 g/mol. The van der Waals surface area contributed by atoms with Gasteiger partial charge in [0.1, 0.15) is 0 Å². The van der Waals surface area contributed by atoms with Crippen molar-refractivity contribution in [3.8, 4) is 0 Å². The molecule has 0 unspecified atom stereocenters. The summed E-state index contributed by atoms with van der Waals surface area (Å²) in [6.45, 7) is 9.35. The second kappa shape index (κ2) is 6.17. The Morgan fingerprint density at radius 3 is 2.71 bits per heavy atom. The molecule has 1 N–H and O–H groups in total. The maximum Gasteiger partial charge on any atom is 0.0211 e. The minimum Gasteiger partial charge on any atom is -0.312 e. The van der Waals surface area contributed by atoms with E-state index in [9.17, 15) is 0 Å². The van der Waals surface area contributed by atoms with Crippen LogP contribution < -0.4 is 5.32 Å². The second-order valence-electron chi connectivity index (χ2n) is 3.16. The van der Waals surface area contributed by atoms with Gasteiger partial charge in [0.2, 0.25) is 0 Å². The van der Waals surface area contributed by atoms with Crippen LogP contribution in [-0.2, 0) is 6.54 Å². The molecule has 0 aliphatic heterocycles. The Morgan fingerprint density at radius 2 is 2.00 bits per heavy atom. The first-order chi connectivity index (χ1) is 6.88. The number of hydrogen-bond donors (Lipinski definition) is 1. The average Bonchev–Trinajstić information content (AvgIpc) is 2.25. The summed E-state index contributed by atoms with van der Waals surface area (Å²) in [5, 5.41) is 3.36. The van der Waals surface area contributed by atoms with Crippen molar-refractivity contribution < 1.29 is 0 Å². The van der Waals surface area contributed by atoms with Crippen molar-refractivity contribution in [2.75, 3.05) is 6.54 Å². The Morgan fingerprint density at radius 1 is 1.21 bits per heavy atom. The Balaban J connectivity index is 2.48. The quantitative estimate of drug-likeness (QED) is 0.533. The van der Waals surface area contributed by atoms with Crippen LogP contribution in [0.25, 0.3) is 6.08 Å². The highest BCUT2D eigenvalue weighted by Crippen LogP contribution is 2.09. The molecule has 0 radical (unpaired) electrons. The molecule has 0 atom stereocenters. The van der Waals surface area contributed by atoms with Crippen LogP contribution in [0.2, 0.25) is 0 Å². The van der Waals surface area contributed by atoms with Crippen molar-refractivity contribution in [1.82, 2.24) is 5.32 Å². The molecule has 0 saturated carbocycles. The zero-order valence-electron chi connectivity index (χ0n) is 8.50. The van der Waals surface area contributed by atoms with Crippen LogP contribution in [0.1, 0.15) is 17.5 Å². The molecule has 0 aromatic heterocycles. The van der Waals surface area contributed by atoms with E-state index in [1.807, 2.05) is 18.2 Å². The standard InChI is InChI=1S/C13H17N/c1-3-5-10-14-11-13-9-7-6-8-12(13)4-2/h3-4,6-9,14H,1-2,5,10-11H2. The topological polar surface area (TPSA) is 12.0 Å². The van der Waals surface area contributed by atoms with Crippen molar-refractivity contribution in [3.63, 3.8) is 0 Å². The van der Waals surface area contributed by atoms with Gasteiger partial charge < -0.3 is 5.32 Å². The lowest BCUT2D eigenvalue weighted by molar-refractivity contribution is 0.695. The summed E-state index contributed by atoms with van der Waals surface area (Å²) >= 11 is 0. The smallest absolute Gasteiger partial charge is 0.0211 e. The molecule has 0 fully saturated rings. The molecule has 14 heavy (non-hydrogen) atoms. The van der Waals surface area contributed by atoms with Gasteiger partial charge in [-0.05, 0) is 24.1 Å². The molecule has 74 valence electrons. The highest BCUT2D eigenvalue weighted by molar-refractivity contribution is 5.51. The van der Waals surface area contributed by atoms with Crippen LogP contribution in [0.3, 0.4) is 0 Å². The maximum atomic E-state index is 3.79. The summed E-state index contributed by atoms with van der Waals surface area (Å²) < 4.78 is 0. The molecule has 0 heterocycles. The van der Waals surface area contributed by atoms with Crippen LogP contribution in [-0.4, -0.2) is 6.54 Å². The van der Waals surface area contributed by atoms with Gasteiger partial charge in [-0.3, -0.25) is 0 Å². The van der Waals surface area contributed by atoms with E-state index in [1.165, 1.54) is 11.1 Å². The van der Waals surface area contributed by atoms with Gasteiger partial charge in [-0.15, -0.1) is 6.58 Å². The summed E-state index contributed by atoms with van der Waals surface area (Å²) in [4.78, 5) is 0. The van der Waals surface area contributed by atoms with E-state index < -0.39 is 0 Å².